The van der Waals surface area contributed by atoms with Crippen molar-refractivity contribution in [3.8, 4) is 0 Å². The van der Waals surface area contributed by atoms with Gasteiger partial charge in [0.2, 0.25) is 0 Å². The maximum Gasteiger partial charge on any atom is 0.270 e. The van der Waals surface area contributed by atoms with Crippen LogP contribution in [0.4, 0.5) is 5.69 Å². The number of nitrogens with one attached hydrogen (secondary N) is 2. The number of benzene rings is 1. The van der Waals surface area contributed by atoms with Gasteiger partial charge < -0.3 is 20.7 Å². The summed E-state index contributed by atoms with van der Waals surface area (Å²) in [6, 6.07) is 6.12. The van der Waals surface area contributed by atoms with Crippen LogP contribution in [0.3, 0.4) is 0 Å². The quantitative estimate of drug-likeness (QED) is 0.563. The number of fused-ring (bicyclic) bond motifs is 2. The number of rotatable bonds is 4. The van der Waals surface area contributed by atoms with E-state index in [4.69, 9.17) is 15.9 Å². The van der Waals surface area contributed by atoms with Gasteiger partial charge in [0, 0.05) is 42.5 Å². The summed E-state index contributed by atoms with van der Waals surface area (Å²) < 4.78 is 5.34. The number of nitrogens with zero attached hydrogens (tertiary/aromatic N) is 1. The second-order valence-corrected chi connectivity index (χ2v) is 7.54. The minimum absolute atomic E-state index is 0.0692. The Bertz CT molecular complexity index is 843. The van der Waals surface area contributed by atoms with E-state index in [9.17, 15) is 4.79 Å². The van der Waals surface area contributed by atoms with Crippen LogP contribution >= 0.6 is 0 Å². The molecule has 0 spiro atoms. The molecule has 0 saturated carbocycles. The third kappa shape index (κ3) is 3.49. The van der Waals surface area contributed by atoms with Crippen molar-refractivity contribution >= 4 is 22.9 Å². The molecule has 27 heavy (non-hydrogen) atoms. The standard InChI is InChI=1S/C21H26N4O2/c1-25-16-3-4-17(25)12-15(11-16)24-21(26)20(23)18-5-2-14(10-19(18)22)13-6-8-27-9-7-13/h2-3,5-6,10,15,17,23H,4,7-9,11-12,22H2,1H3,(H,24,26). The second-order valence-electron chi connectivity index (χ2n) is 7.54. The lowest BCUT2D eigenvalue weighted by Crippen LogP contribution is -2.46. The fourth-order valence-corrected chi connectivity index (χ4v) is 4.22. The van der Waals surface area contributed by atoms with Crippen molar-refractivity contribution in [3.05, 3.63) is 47.2 Å². The van der Waals surface area contributed by atoms with Gasteiger partial charge in [-0.2, -0.15) is 0 Å². The number of anilines is 1. The smallest absolute Gasteiger partial charge is 0.270 e. The molecular weight excluding hydrogens is 340 g/mol. The Balaban J connectivity index is 1.44. The van der Waals surface area contributed by atoms with Crippen molar-refractivity contribution in [3.63, 3.8) is 0 Å². The number of nitrogen functional groups attached to an aromatic ring is 1. The molecule has 4 rings (SSSR count). The molecule has 0 aromatic heterocycles. The molecule has 1 aromatic carbocycles. The second kappa shape index (κ2) is 7.19. The monoisotopic (exact) mass is 366 g/mol. The summed E-state index contributed by atoms with van der Waals surface area (Å²) in [5, 5.41) is 11.3. The highest BCUT2D eigenvalue weighted by molar-refractivity contribution is 6.45. The predicted molar refractivity (Wildman–Crippen MR) is 107 cm³/mol. The van der Waals surface area contributed by atoms with Gasteiger partial charge in [-0.05, 0) is 42.5 Å². The van der Waals surface area contributed by atoms with E-state index in [1.54, 1.807) is 6.07 Å². The summed E-state index contributed by atoms with van der Waals surface area (Å²) >= 11 is 0. The maximum absolute atomic E-state index is 12.6. The number of hydrogen-bond acceptors (Lipinski definition) is 5. The first-order valence-corrected chi connectivity index (χ1v) is 9.51. The van der Waals surface area contributed by atoms with Crippen molar-refractivity contribution in [2.75, 3.05) is 26.0 Å². The van der Waals surface area contributed by atoms with Gasteiger partial charge in [0.15, 0.2) is 0 Å². The summed E-state index contributed by atoms with van der Waals surface area (Å²) in [5.74, 6) is -0.353. The Kier molecular flexibility index (Phi) is 4.74. The third-order valence-corrected chi connectivity index (χ3v) is 5.86. The molecule has 1 aromatic rings. The van der Waals surface area contributed by atoms with Crippen LogP contribution in [-0.4, -0.2) is 48.9 Å². The van der Waals surface area contributed by atoms with Crippen LogP contribution in [0, 0.1) is 5.41 Å². The summed E-state index contributed by atoms with van der Waals surface area (Å²) in [5.41, 5.74) is 10.6. The number of piperidine rings is 1. The Morgan fingerprint density at radius 3 is 2.93 bits per heavy atom. The zero-order valence-electron chi connectivity index (χ0n) is 15.6. The molecule has 6 nitrogen and oxygen atoms in total. The van der Waals surface area contributed by atoms with E-state index in [1.807, 2.05) is 12.1 Å². The molecule has 3 heterocycles. The highest BCUT2D eigenvalue weighted by Gasteiger charge is 2.33. The molecule has 0 radical (unpaired) electrons. The normalized spacial score (nSPS) is 24.3. The number of ether oxygens (including phenoxy) is 1. The first-order valence-electron chi connectivity index (χ1n) is 9.51. The topological polar surface area (TPSA) is 91.4 Å². The molecule has 142 valence electrons. The van der Waals surface area contributed by atoms with E-state index in [0.29, 0.717) is 30.5 Å². The first kappa shape index (κ1) is 17.8. The van der Waals surface area contributed by atoms with Crippen LogP contribution in [0.2, 0.25) is 0 Å². The Labute approximate surface area is 159 Å². The summed E-state index contributed by atoms with van der Waals surface area (Å²) in [6.45, 7) is 1.32. The van der Waals surface area contributed by atoms with Crippen molar-refractivity contribution in [2.24, 2.45) is 0 Å². The fraction of sp³-hybridized carbons (Fsp3) is 0.429. The molecule has 2 bridgehead atoms. The lowest BCUT2D eigenvalue weighted by molar-refractivity contribution is -0.115. The summed E-state index contributed by atoms with van der Waals surface area (Å²) in [7, 11) is 2.11. The average molecular weight is 366 g/mol. The highest BCUT2D eigenvalue weighted by Crippen LogP contribution is 2.33. The first-order chi connectivity index (χ1) is 13.0. The predicted octanol–water partition coefficient (Wildman–Crippen LogP) is 2.31. The van der Waals surface area contributed by atoms with Crippen molar-refractivity contribution in [1.82, 2.24) is 10.2 Å². The van der Waals surface area contributed by atoms with E-state index in [0.717, 1.165) is 31.2 Å². The van der Waals surface area contributed by atoms with Gasteiger partial charge in [-0.3, -0.25) is 10.2 Å². The number of hydrogen-bond donors (Lipinski definition) is 3. The zero-order valence-corrected chi connectivity index (χ0v) is 15.6. The lowest BCUT2D eigenvalue weighted by atomic mass is 9.96. The number of carbonyl (C=O) groups excluding carboxylic acids is 1. The van der Waals surface area contributed by atoms with Gasteiger partial charge in [-0.1, -0.05) is 18.2 Å². The molecule has 2 atom stereocenters. The molecule has 6 heteroatoms. The third-order valence-electron chi connectivity index (χ3n) is 5.86. The summed E-state index contributed by atoms with van der Waals surface area (Å²) in [4.78, 5) is 14.9. The molecule has 0 aliphatic carbocycles. The average Bonchev–Trinajstić information content (AvgIpc) is 2.89. The fourth-order valence-electron chi connectivity index (χ4n) is 4.22. The molecule has 1 fully saturated rings. The highest BCUT2D eigenvalue weighted by atomic mass is 16.5. The Hall–Kier alpha value is -2.60. The van der Waals surface area contributed by atoms with Gasteiger partial charge in [0.25, 0.3) is 5.91 Å². The van der Waals surface area contributed by atoms with Crippen LogP contribution in [0.5, 0.6) is 0 Å². The molecule has 4 N–H and O–H groups in total. The molecule has 1 amide bonds. The van der Waals surface area contributed by atoms with Gasteiger partial charge in [0.1, 0.15) is 5.71 Å². The van der Waals surface area contributed by atoms with Gasteiger partial charge in [0.05, 0.1) is 13.2 Å². The molecule has 3 aliphatic heterocycles. The summed E-state index contributed by atoms with van der Waals surface area (Å²) in [6.07, 6.45) is 7.95. The Morgan fingerprint density at radius 1 is 1.37 bits per heavy atom. The van der Waals surface area contributed by atoms with E-state index < -0.39 is 0 Å². The molecule has 2 unspecified atom stereocenters. The minimum Gasteiger partial charge on any atom is -0.398 e. The van der Waals surface area contributed by atoms with E-state index in [-0.39, 0.29) is 17.7 Å². The van der Waals surface area contributed by atoms with Crippen molar-refractivity contribution in [1.29, 1.82) is 5.41 Å². The zero-order chi connectivity index (χ0) is 19.0. The SMILES string of the molecule is CN1C2=CCC1CC(NC(=O)C(=N)c1ccc(C3=CCOCC3)cc1N)C2. The maximum atomic E-state index is 12.6. The van der Waals surface area contributed by atoms with Crippen LogP contribution in [0.1, 0.15) is 36.8 Å². The van der Waals surface area contributed by atoms with Gasteiger partial charge >= 0.3 is 0 Å². The van der Waals surface area contributed by atoms with Gasteiger partial charge in [-0.15, -0.1) is 0 Å². The Morgan fingerprint density at radius 2 is 2.22 bits per heavy atom. The lowest BCUT2D eigenvalue weighted by Gasteiger charge is -2.35. The largest absolute Gasteiger partial charge is 0.398 e. The minimum atomic E-state index is -0.353. The van der Waals surface area contributed by atoms with Crippen LogP contribution < -0.4 is 11.1 Å². The molecular formula is C21H26N4O2. The van der Waals surface area contributed by atoms with Crippen molar-refractivity contribution < 1.29 is 9.53 Å². The van der Waals surface area contributed by atoms with Crippen LogP contribution in [-0.2, 0) is 9.53 Å². The number of nitrogens with two attached hydrogens (primary N) is 1. The van der Waals surface area contributed by atoms with Crippen LogP contribution in [0.25, 0.3) is 5.57 Å². The molecule has 3 aliphatic rings. The van der Waals surface area contributed by atoms with E-state index in [2.05, 4.69) is 29.4 Å². The van der Waals surface area contributed by atoms with Crippen LogP contribution in [0.15, 0.2) is 36.0 Å². The molecule has 1 saturated heterocycles. The van der Waals surface area contributed by atoms with E-state index in [1.165, 1.54) is 11.3 Å². The van der Waals surface area contributed by atoms with Crippen molar-refractivity contribution in [2.45, 2.75) is 37.8 Å². The number of carbonyl (C=O) groups is 1. The van der Waals surface area contributed by atoms with Gasteiger partial charge in [-0.25, -0.2) is 0 Å². The number of amides is 1. The van der Waals surface area contributed by atoms with E-state index >= 15 is 0 Å².